The van der Waals surface area contributed by atoms with E-state index in [1.807, 2.05) is 19.1 Å². The normalized spacial score (nSPS) is 15.2. The van der Waals surface area contributed by atoms with Gasteiger partial charge in [0.25, 0.3) is 17.1 Å². The largest absolute Gasteiger partial charge is 0.493 e. The van der Waals surface area contributed by atoms with E-state index in [9.17, 15) is 19.2 Å². The maximum absolute atomic E-state index is 12.7. The predicted molar refractivity (Wildman–Crippen MR) is 133 cm³/mol. The van der Waals surface area contributed by atoms with E-state index in [1.165, 1.54) is 33.3 Å². The molecule has 1 N–H and O–H groups in total. The molecule has 1 fully saturated rings. The molecule has 0 aromatic heterocycles. The summed E-state index contributed by atoms with van der Waals surface area (Å²) >= 11 is 7.06. The number of carbonyl (C=O) groups excluding carboxylic acids is 4. The molecule has 2 aromatic rings. The van der Waals surface area contributed by atoms with Crippen LogP contribution in [-0.4, -0.2) is 54.8 Å². The Kier molecular flexibility index (Phi) is 8.42. The van der Waals surface area contributed by atoms with Gasteiger partial charge in [-0.2, -0.15) is 0 Å². The zero-order valence-corrected chi connectivity index (χ0v) is 21.0. The Hall–Kier alpha value is -3.50. The van der Waals surface area contributed by atoms with Gasteiger partial charge in [0.15, 0.2) is 18.1 Å². The minimum absolute atomic E-state index is 0.106. The number of halogens is 1. The van der Waals surface area contributed by atoms with Crippen LogP contribution in [0.5, 0.6) is 11.5 Å². The number of amides is 3. The number of rotatable bonds is 8. The van der Waals surface area contributed by atoms with Crippen molar-refractivity contribution in [3.63, 3.8) is 0 Å². The fourth-order valence-electron chi connectivity index (χ4n) is 3.18. The fraction of sp³-hybridized carbons (Fsp3) is 0.250. The van der Waals surface area contributed by atoms with Gasteiger partial charge in [-0.05, 0) is 61.5 Å². The molecule has 0 bridgehead atoms. The number of benzene rings is 2. The maximum atomic E-state index is 12.7. The molecule has 3 amide bonds. The topological polar surface area (TPSA) is 111 Å². The highest BCUT2D eigenvalue weighted by molar-refractivity contribution is 8.18. The van der Waals surface area contributed by atoms with Crippen molar-refractivity contribution in [1.82, 2.24) is 4.90 Å². The molecule has 2 aromatic carbocycles. The van der Waals surface area contributed by atoms with Crippen LogP contribution in [-0.2, 0) is 19.1 Å². The van der Waals surface area contributed by atoms with Gasteiger partial charge in [-0.15, -0.1) is 0 Å². The fourth-order valence-corrected chi connectivity index (χ4v) is 4.36. The molecule has 0 unspecified atom stereocenters. The molecule has 0 saturated carbocycles. The average Bonchev–Trinajstić information content (AvgIpc) is 3.10. The minimum atomic E-state index is -1.06. The van der Waals surface area contributed by atoms with Crippen LogP contribution in [0.2, 0.25) is 5.02 Å². The van der Waals surface area contributed by atoms with Crippen LogP contribution in [0.4, 0.5) is 10.5 Å². The first-order chi connectivity index (χ1) is 16.6. The Morgan fingerprint density at radius 2 is 1.86 bits per heavy atom. The van der Waals surface area contributed by atoms with Crippen LogP contribution in [0.15, 0.2) is 41.3 Å². The van der Waals surface area contributed by atoms with Gasteiger partial charge >= 0.3 is 5.97 Å². The minimum Gasteiger partial charge on any atom is -0.493 e. The predicted octanol–water partition coefficient (Wildman–Crippen LogP) is 4.27. The Labute approximate surface area is 211 Å². The number of carbonyl (C=O) groups is 4. The molecule has 0 aliphatic carbocycles. The zero-order valence-electron chi connectivity index (χ0n) is 19.4. The monoisotopic (exact) mass is 518 g/mol. The van der Waals surface area contributed by atoms with Crippen molar-refractivity contribution < 1.29 is 33.4 Å². The number of methoxy groups -OCH3 is 2. The summed E-state index contributed by atoms with van der Waals surface area (Å²) < 4.78 is 15.6. The number of thioether (sulfide) groups is 1. The van der Waals surface area contributed by atoms with Crippen LogP contribution < -0.4 is 14.8 Å². The van der Waals surface area contributed by atoms with Crippen LogP contribution in [0.1, 0.15) is 18.1 Å². The lowest BCUT2D eigenvalue weighted by Crippen LogP contribution is -2.42. The van der Waals surface area contributed by atoms with E-state index in [4.69, 9.17) is 21.1 Å². The molecule has 11 heteroatoms. The number of nitrogens with one attached hydrogen (secondary N) is 1. The van der Waals surface area contributed by atoms with Gasteiger partial charge in [-0.1, -0.05) is 29.3 Å². The van der Waals surface area contributed by atoms with E-state index >= 15 is 0 Å². The molecule has 3 rings (SSSR count). The van der Waals surface area contributed by atoms with Crippen LogP contribution in [0, 0.1) is 6.92 Å². The summed E-state index contributed by atoms with van der Waals surface area (Å²) in [7, 11) is 2.58. The molecule has 35 heavy (non-hydrogen) atoms. The summed E-state index contributed by atoms with van der Waals surface area (Å²) in [4.78, 5) is 50.0. The second kappa shape index (κ2) is 11.3. The second-order valence-electron chi connectivity index (χ2n) is 7.49. The quantitative estimate of drug-likeness (QED) is 0.407. The molecule has 1 aliphatic heterocycles. The van der Waals surface area contributed by atoms with Gasteiger partial charge in [-0.25, -0.2) is 4.79 Å². The van der Waals surface area contributed by atoms with Crippen molar-refractivity contribution in [2.24, 2.45) is 0 Å². The van der Waals surface area contributed by atoms with Crippen molar-refractivity contribution >= 4 is 58.1 Å². The number of esters is 1. The summed E-state index contributed by atoms with van der Waals surface area (Å²) in [5, 5.41) is 2.28. The number of ether oxygens (including phenoxy) is 3. The first-order valence-electron chi connectivity index (χ1n) is 10.4. The van der Waals surface area contributed by atoms with Crippen LogP contribution in [0.25, 0.3) is 6.08 Å². The van der Waals surface area contributed by atoms with E-state index in [0.29, 0.717) is 23.0 Å². The van der Waals surface area contributed by atoms with Gasteiger partial charge in [0.2, 0.25) is 0 Å². The highest BCUT2D eigenvalue weighted by Gasteiger charge is 2.41. The van der Waals surface area contributed by atoms with Crippen molar-refractivity contribution in [3.8, 4) is 11.5 Å². The molecule has 1 heterocycles. The van der Waals surface area contributed by atoms with Gasteiger partial charge in [-0.3, -0.25) is 19.3 Å². The van der Waals surface area contributed by atoms with Crippen LogP contribution in [0.3, 0.4) is 0 Å². The van der Waals surface area contributed by atoms with Crippen LogP contribution >= 0.6 is 23.4 Å². The van der Waals surface area contributed by atoms with Crippen molar-refractivity contribution in [3.05, 3.63) is 57.5 Å². The highest BCUT2D eigenvalue weighted by Crippen LogP contribution is 2.39. The Balaban J connectivity index is 1.75. The molecule has 0 spiro atoms. The zero-order chi connectivity index (χ0) is 25.7. The smallest absolute Gasteiger partial charge is 0.328 e. The van der Waals surface area contributed by atoms with Crippen molar-refractivity contribution in [2.75, 3.05) is 26.1 Å². The molecule has 1 aliphatic rings. The number of anilines is 1. The SMILES string of the molecule is COC(=O)[C@@H](C)N1C(=O)S/C(=C/c2cc(Cl)c(OCC(=O)Nc3ccc(C)cc3)c(OC)c2)C1=O. The van der Waals surface area contributed by atoms with E-state index < -0.39 is 23.2 Å². The van der Waals surface area contributed by atoms with Gasteiger partial charge < -0.3 is 19.5 Å². The summed E-state index contributed by atoms with van der Waals surface area (Å²) in [6.45, 7) is 3.04. The molecular formula is C24H23ClN2O7S. The van der Waals surface area contributed by atoms with Crippen molar-refractivity contribution in [2.45, 2.75) is 19.9 Å². The number of imide groups is 1. The van der Waals surface area contributed by atoms with E-state index in [2.05, 4.69) is 10.1 Å². The van der Waals surface area contributed by atoms with E-state index in [-0.39, 0.29) is 33.9 Å². The van der Waals surface area contributed by atoms with E-state index in [1.54, 1.807) is 18.2 Å². The van der Waals surface area contributed by atoms with Gasteiger partial charge in [0, 0.05) is 5.69 Å². The third kappa shape index (κ3) is 6.14. The van der Waals surface area contributed by atoms with Crippen molar-refractivity contribution in [1.29, 1.82) is 0 Å². The highest BCUT2D eigenvalue weighted by atomic mass is 35.5. The first kappa shape index (κ1) is 26.1. The average molecular weight is 519 g/mol. The Bertz CT molecular complexity index is 1200. The van der Waals surface area contributed by atoms with Gasteiger partial charge in [0.1, 0.15) is 6.04 Å². The summed E-state index contributed by atoms with van der Waals surface area (Å²) in [6, 6.07) is 9.32. The Morgan fingerprint density at radius 1 is 1.17 bits per heavy atom. The van der Waals surface area contributed by atoms with E-state index in [0.717, 1.165) is 10.5 Å². The molecule has 1 atom stereocenters. The molecular weight excluding hydrogens is 496 g/mol. The molecule has 1 saturated heterocycles. The lowest BCUT2D eigenvalue weighted by molar-refractivity contribution is -0.148. The maximum Gasteiger partial charge on any atom is 0.328 e. The number of nitrogens with zero attached hydrogens (tertiary/aromatic N) is 1. The second-order valence-corrected chi connectivity index (χ2v) is 8.89. The number of hydrogen-bond donors (Lipinski definition) is 1. The summed E-state index contributed by atoms with van der Waals surface area (Å²) in [5.41, 5.74) is 2.16. The lowest BCUT2D eigenvalue weighted by Gasteiger charge is -2.18. The number of aryl methyl sites for hydroxylation is 1. The first-order valence-corrected chi connectivity index (χ1v) is 11.6. The standard InChI is InChI=1S/C24H23ClN2O7S/c1-13-5-7-16(8-6-13)26-20(28)12-34-21-17(25)9-15(10-18(21)32-3)11-19-22(29)27(24(31)35-19)14(2)23(30)33-4/h5-11,14H,12H2,1-4H3,(H,26,28)/b19-11+/t14-/m1/s1. The number of hydrogen-bond acceptors (Lipinski definition) is 8. The van der Waals surface area contributed by atoms with Gasteiger partial charge in [0.05, 0.1) is 24.1 Å². The molecule has 184 valence electrons. The molecule has 9 nitrogen and oxygen atoms in total. The summed E-state index contributed by atoms with van der Waals surface area (Å²) in [5.74, 6) is -1.33. The third-order valence-electron chi connectivity index (χ3n) is 4.99. The Morgan fingerprint density at radius 3 is 2.49 bits per heavy atom. The summed E-state index contributed by atoms with van der Waals surface area (Å²) in [6.07, 6.45) is 1.46. The molecule has 0 radical (unpaired) electrons. The lowest BCUT2D eigenvalue weighted by atomic mass is 10.1. The third-order valence-corrected chi connectivity index (χ3v) is 6.15.